The van der Waals surface area contributed by atoms with Crippen molar-refractivity contribution in [2.24, 2.45) is 0 Å². The molecule has 2 N–H and O–H groups in total. The molecule has 2 aliphatic carbocycles. The molecule has 2 amide bonds. The molecule has 3 fully saturated rings. The summed E-state index contributed by atoms with van der Waals surface area (Å²) in [6.07, 6.45) is 0.507. The van der Waals surface area contributed by atoms with Crippen molar-refractivity contribution in [3.63, 3.8) is 0 Å². The zero-order valence-electron chi connectivity index (χ0n) is 24.3. The summed E-state index contributed by atoms with van der Waals surface area (Å²) < 4.78 is 57.0. The summed E-state index contributed by atoms with van der Waals surface area (Å²) in [4.78, 5) is 37.4. The number of carbonyl (C=O) groups is 2. The molecule has 3 aliphatic rings. The number of carbonyl (C=O) groups excluding carboxylic acids is 2. The number of aromatic nitrogens is 1. The van der Waals surface area contributed by atoms with Gasteiger partial charge >= 0.3 is 0 Å². The van der Waals surface area contributed by atoms with Crippen LogP contribution in [0.4, 0.5) is 29.1 Å². The van der Waals surface area contributed by atoms with Gasteiger partial charge in [-0.05, 0) is 43.2 Å². The molecule has 1 aliphatic heterocycles. The van der Waals surface area contributed by atoms with E-state index in [-0.39, 0.29) is 46.8 Å². The van der Waals surface area contributed by atoms with Crippen LogP contribution in [0.3, 0.4) is 0 Å². The molecule has 2 saturated carbocycles. The number of hydrogen-bond acceptors (Lipinski definition) is 7. The fraction of sp³-hybridized carbons (Fsp3) is 0.375. The number of benzene rings is 2. The van der Waals surface area contributed by atoms with Gasteiger partial charge in [-0.25, -0.2) is 22.5 Å². The van der Waals surface area contributed by atoms with Crippen LogP contribution in [0, 0.1) is 23.0 Å². The first-order chi connectivity index (χ1) is 21.9. The number of alkyl halides is 2. The molecule has 2 aromatic carbocycles. The summed E-state index contributed by atoms with van der Waals surface area (Å²) in [6, 6.07) is 9.53. The van der Waals surface area contributed by atoms with Crippen LogP contribution in [-0.2, 0) is 9.59 Å². The topological polar surface area (TPSA) is 113 Å². The van der Waals surface area contributed by atoms with Crippen LogP contribution in [0.2, 0.25) is 5.02 Å². The number of hydrogen-bond donors (Lipinski definition) is 2. The third-order valence-electron chi connectivity index (χ3n) is 8.46. The fourth-order valence-electron chi connectivity index (χ4n) is 6.15. The van der Waals surface area contributed by atoms with Crippen LogP contribution in [0.15, 0.2) is 60.8 Å². The number of rotatable bonds is 8. The summed E-state index contributed by atoms with van der Waals surface area (Å²) in [5.74, 6) is -6.67. The molecule has 0 spiro atoms. The van der Waals surface area contributed by atoms with Crippen LogP contribution < -0.4 is 15.1 Å². The highest BCUT2D eigenvalue weighted by molar-refractivity contribution is 6.31. The van der Waals surface area contributed by atoms with Gasteiger partial charge in [-0.3, -0.25) is 19.4 Å². The van der Waals surface area contributed by atoms with E-state index in [4.69, 9.17) is 11.6 Å². The number of anilines is 2. The molecule has 0 radical (unpaired) electrons. The summed E-state index contributed by atoms with van der Waals surface area (Å²) >= 11 is 6.55. The molecular weight excluding hydrogens is 628 g/mol. The quantitative estimate of drug-likeness (QED) is 0.342. The molecular formula is C32H29ClF4N6O3. The SMILES string of the molecule is N#Cc1ccnc(N2C(O)CN(C3CC3)C[C@H]2C(=O)N(c2cc(F)cc(F)c2)[C@H](C(=O)NC2CC(F)(F)C2)c2ccccc2Cl)c1. The summed E-state index contributed by atoms with van der Waals surface area (Å²) in [7, 11) is 0. The van der Waals surface area contributed by atoms with Crippen molar-refractivity contribution < 1.29 is 32.3 Å². The molecule has 1 saturated heterocycles. The third-order valence-corrected chi connectivity index (χ3v) is 8.80. The van der Waals surface area contributed by atoms with E-state index in [1.807, 2.05) is 11.0 Å². The molecule has 2 heterocycles. The monoisotopic (exact) mass is 656 g/mol. The van der Waals surface area contributed by atoms with Gasteiger partial charge in [0.25, 0.3) is 11.8 Å². The number of halogens is 5. The normalized spacial score (nSPS) is 22.0. The maximum Gasteiger partial charge on any atom is 0.252 e. The summed E-state index contributed by atoms with van der Waals surface area (Å²) in [6.45, 7) is 0.185. The smallest absolute Gasteiger partial charge is 0.252 e. The van der Waals surface area contributed by atoms with Gasteiger partial charge in [0.2, 0.25) is 5.91 Å². The van der Waals surface area contributed by atoms with Crippen molar-refractivity contribution in [3.8, 4) is 6.07 Å². The van der Waals surface area contributed by atoms with Crippen LogP contribution in [-0.4, -0.2) is 70.2 Å². The Morgan fingerprint density at radius 3 is 2.41 bits per heavy atom. The minimum Gasteiger partial charge on any atom is -0.372 e. The molecule has 1 aromatic heterocycles. The van der Waals surface area contributed by atoms with Crippen molar-refractivity contribution in [3.05, 3.63) is 88.6 Å². The van der Waals surface area contributed by atoms with Gasteiger partial charge in [-0.2, -0.15) is 5.26 Å². The van der Waals surface area contributed by atoms with Gasteiger partial charge in [0, 0.05) is 60.9 Å². The first-order valence-corrected chi connectivity index (χ1v) is 15.1. The average Bonchev–Trinajstić information content (AvgIpc) is 3.84. The Morgan fingerprint density at radius 2 is 1.78 bits per heavy atom. The minimum atomic E-state index is -2.96. The number of piperazine rings is 1. The number of nitriles is 1. The molecule has 9 nitrogen and oxygen atoms in total. The van der Waals surface area contributed by atoms with Crippen LogP contribution in [0.1, 0.15) is 42.9 Å². The van der Waals surface area contributed by atoms with E-state index >= 15 is 0 Å². The van der Waals surface area contributed by atoms with E-state index in [9.17, 15) is 37.5 Å². The molecule has 14 heteroatoms. The third kappa shape index (κ3) is 6.51. The van der Waals surface area contributed by atoms with E-state index in [2.05, 4.69) is 10.3 Å². The second-order valence-electron chi connectivity index (χ2n) is 11.8. The van der Waals surface area contributed by atoms with Crippen LogP contribution in [0.25, 0.3) is 0 Å². The largest absolute Gasteiger partial charge is 0.372 e. The number of aliphatic hydroxyl groups is 1. The first-order valence-electron chi connectivity index (χ1n) is 14.7. The Kier molecular flexibility index (Phi) is 8.62. The highest BCUT2D eigenvalue weighted by atomic mass is 35.5. The Labute approximate surface area is 267 Å². The van der Waals surface area contributed by atoms with Crippen molar-refractivity contribution in [1.82, 2.24) is 15.2 Å². The predicted molar refractivity (Wildman–Crippen MR) is 160 cm³/mol. The van der Waals surface area contributed by atoms with Gasteiger partial charge in [-0.1, -0.05) is 29.8 Å². The zero-order chi connectivity index (χ0) is 32.7. The predicted octanol–water partition coefficient (Wildman–Crippen LogP) is 4.54. The standard InChI is InChI=1S/C32H29ClF4N6O3/c33-25-4-2-1-3-24(25)29(30(45)40-21-13-32(36,37)14-21)42(23-11-19(34)10-20(35)12-23)31(46)26-16-41(22-5-6-22)17-28(44)43(26)27-9-18(15-38)7-8-39-27/h1-4,7-12,21-22,26,28-29,44H,5-6,13-14,16-17H2,(H,40,45)/t26-,28?,29-/m0/s1. The van der Waals surface area contributed by atoms with E-state index < -0.39 is 66.6 Å². The summed E-state index contributed by atoms with van der Waals surface area (Å²) in [5.41, 5.74) is -0.0433. The molecule has 3 atom stereocenters. The molecule has 240 valence electrons. The van der Waals surface area contributed by atoms with Gasteiger partial charge in [-0.15, -0.1) is 0 Å². The number of nitrogens with zero attached hydrogens (tertiary/aromatic N) is 5. The van der Waals surface area contributed by atoms with Crippen LogP contribution in [0.5, 0.6) is 0 Å². The molecule has 1 unspecified atom stereocenters. The maximum absolute atomic E-state index is 15.0. The Morgan fingerprint density at radius 1 is 1.09 bits per heavy atom. The highest BCUT2D eigenvalue weighted by Crippen LogP contribution is 2.40. The van der Waals surface area contributed by atoms with Crippen molar-refractivity contribution in [1.29, 1.82) is 5.26 Å². The molecule has 46 heavy (non-hydrogen) atoms. The lowest BCUT2D eigenvalue weighted by Gasteiger charge is -2.47. The van der Waals surface area contributed by atoms with E-state index in [1.165, 1.54) is 35.4 Å². The lowest BCUT2D eigenvalue weighted by Crippen LogP contribution is -2.65. The highest BCUT2D eigenvalue weighted by Gasteiger charge is 2.49. The van der Waals surface area contributed by atoms with Gasteiger partial charge in [0.1, 0.15) is 35.8 Å². The van der Waals surface area contributed by atoms with Gasteiger partial charge < -0.3 is 15.3 Å². The van der Waals surface area contributed by atoms with E-state index in [1.54, 1.807) is 12.1 Å². The molecule has 3 aromatic rings. The Bertz CT molecular complexity index is 1670. The van der Waals surface area contributed by atoms with Gasteiger partial charge in [0.05, 0.1) is 17.3 Å². The second kappa shape index (κ2) is 12.5. The van der Waals surface area contributed by atoms with E-state index in [0.29, 0.717) is 6.07 Å². The maximum atomic E-state index is 15.0. The van der Waals surface area contributed by atoms with E-state index in [0.717, 1.165) is 29.9 Å². The zero-order valence-corrected chi connectivity index (χ0v) is 25.0. The lowest BCUT2D eigenvalue weighted by molar-refractivity contribution is -0.133. The first kappa shape index (κ1) is 31.7. The second-order valence-corrected chi connectivity index (χ2v) is 12.2. The Balaban J connectivity index is 1.49. The van der Waals surface area contributed by atoms with Crippen molar-refractivity contribution in [2.45, 2.75) is 62.0 Å². The van der Waals surface area contributed by atoms with Gasteiger partial charge in [0.15, 0.2) is 0 Å². The minimum absolute atomic E-state index is 0.0407. The Hall–Kier alpha value is -4.25. The molecule has 6 rings (SSSR count). The number of nitrogens with one attached hydrogen (secondary N) is 1. The molecule has 0 bridgehead atoms. The summed E-state index contributed by atoms with van der Waals surface area (Å²) in [5, 5.41) is 23.5. The average molecular weight is 657 g/mol. The number of pyridine rings is 1. The number of aliphatic hydroxyl groups excluding tert-OH is 1. The van der Waals surface area contributed by atoms with Crippen LogP contribution >= 0.6 is 11.6 Å². The number of amides is 2. The lowest BCUT2D eigenvalue weighted by atomic mass is 9.87. The fourth-order valence-corrected chi connectivity index (χ4v) is 6.39. The van der Waals surface area contributed by atoms with Crippen molar-refractivity contribution in [2.75, 3.05) is 22.9 Å². The number of β-amino-alcohol motifs (C(OH)–C–C–N with tert-alkyl or cyclic N) is 1. The van der Waals surface area contributed by atoms with Crippen molar-refractivity contribution >= 4 is 34.9 Å².